The zero-order valence-corrected chi connectivity index (χ0v) is 8.78. The lowest BCUT2D eigenvalue weighted by Crippen LogP contribution is -2.47. The third-order valence-corrected chi connectivity index (χ3v) is 3.04. The summed E-state index contributed by atoms with van der Waals surface area (Å²) in [6.45, 7) is 4.72. The van der Waals surface area contributed by atoms with Gasteiger partial charge in [0.25, 0.3) is 0 Å². The van der Waals surface area contributed by atoms with Crippen LogP contribution in [-0.2, 0) is 4.79 Å². The molecule has 2 atom stereocenters. The molecule has 0 saturated carbocycles. The van der Waals surface area contributed by atoms with Crippen LogP contribution in [0.3, 0.4) is 0 Å². The van der Waals surface area contributed by atoms with Crippen molar-refractivity contribution in [3.63, 3.8) is 0 Å². The standard InChI is InChI=1S/C10H20N2O2/c1-2-8-7-12(5-3-9(8)11)6-4-10(13)14/h8-9H,2-7,11H2,1H3,(H,13,14). The van der Waals surface area contributed by atoms with Crippen LogP contribution >= 0.6 is 0 Å². The van der Waals surface area contributed by atoms with Crippen LogP contribution in [0.4, 0.5) is 0 Å². The normalized spacial score (nSPS) is 29.0. The summed E-state index contributed by atoms with van der Waals surface area (Å²) in [5.74, 6) is -0.175. The zero-order chi connectivity index (χ0) is 10.6. The molecule has 1 aliphatic heterocycles. The van der Waals surface area contributed by atoms with Crippen molar-refractivity contribution >= 4 is 5.97 Å². The average Bonchev–Trinajstić information content (AvgIpc) is 2.16. The Hall–Kier alpha value is -0.610. The highest BCUT2D eigenvalue weighted by molar-refractivity contribution is 5.66. The van der Waals surface area contributed by atoms with E-state index in [1.54, 1.807) is 0 Å². The van der Waals surface area contributed by atoms with Crippen molar-refractivity contribution in [2.45, 2.75) is 32.2 Å². The topological polar surface area (TPSA) is 66.6 Å². The number of nitrogens with two attached hydrogens (primary N) is 1. The Balaban J connectivity index is 2.31. The van der Waals surface area contributed by atoms with E-state index in [4.69, 9.17) is 10.8 Å². The second-order valence-electron chi connectivity index (χ2n) is 4.07. The molecular formula is C10H20N2O2. The molecule has 0 spiro atoms. The molecule has 1 rings (SSSR count). The van der Waals surface area contributed by atoms with Crippen LogP contribution in [0.25, 0.3) is 0 Å². The summed E-state index contributed by atoms with van der Waals surface area (Å²) in [4.78, 5) is 12.6. The van der Waals surface area contributed by atoms with Crippen LogP contribution in [0.15, 0.2) is 0 Å². The maximum Gasteiger partial charge on any atom is 0.304 e. The Bertz CT molecular complexity index is 197. The van der Waals surface area contributed by atoms with Crippen LogP contribution in [-0.4, -0.2) is 41.7 Å². The van der Waals surface area contributed by atoms with Gasteiger partial charge in [0.2, 0.25) is 0 Å². The summed E-state index contributed by atoms with van der Waals surface area (Å²) in [6, 6.07) is 0.307. The minimum absolute atomic E-state index is 0.242. The maximum absolute atomic E-state index is 10.4. The number of carbonyl (C=O) groups is 1. The van der Waals surface area contributed by atoms with Gasteiger partial charge in [0.15, 0.2) is 0 Å². The predicted molar refractivity (Wildman–Crippen MR) is 55.1 cm³/mol. The number of piperidine rings is 1. The summed E-state index contributed by atoms with van der Waals surface area (Å²) in [6.07, 6.45) is 2.33. The van der Waals surface area contributed by atoms with Crippen molar-refractivity contribution in [2.24, 2.45) is 11.7 Å². The number of carboxylic acid groups (broad SMARTS) is 1. The Morgan fingerprint density at radius 3 is 2.93 bits per heavy atom. The van der Waals surface area contributed by atoms with E-state index >= 15 is 0 Å². The summed E-state index contributed by atoms with van der Waals surface area (Å²) in [5.41, 5.74) is 5.96. The van der Waals surface area contributed by atoms with E-state index in [-0.39, 0.29) is 6.42 Å². The van der Waals surface area contributed by atoms with Crippen molar-refractivity contribution < 1.29 is 9.90 Å². The third kappa shape index (κ3) is 3.27. The van der Waals surface area contributed by atoms with Gasteiger partial charge in [0.05, 0.1) is 6.42 Å². The Morgan fingerprint density at radius 1 is 1.64 bits per heavy atom. The van der Waals surface area contributed by atoms with Gasteiger partial charge in [-0.15, -0.1) is 0 Å². The second kappa shape index (κ2) is 5.32. The molecule has 0 aromatic heterocycles. The van der Waals surface area contributed by atoms with Crippen molar-refractivity contribution in [1.82, 2.24) is 4.90 Å². The minimum atomic E-state index is -0.715. The van der Waals surface area contributed by atoms with E-state index in [0.717, 1.165) is 25.9 Å². The van der Waals surface area contributed by atoms with Crippen molar-refractivity contribution in [1.29, 1.82) is 0 Å². The monoisotopic (exact) mass is 200 g/mol. The van der Waals surface area contributed by atoms with Gasteiger partial charge in [-0.2, -0.15) is 0 Å². The fourth-order valence-corrected chi connectivity index (χ4v) is 2.01. The molecule has 82 valence electrons. The van der Waals surface area contributed by atoms with E-state index in [1.807, 2.05) is 0 Å². The SMILES string of the molecule is CCC1CN(CCC(=O)O)CCC1N. The van der Waals surface area contributed by atoms with Gasteiger partial charge < -0.3 is 15.7 Å². The molecule has 0 bridgehead atoms. The molecule has 1 saturated heterocycles. The third-order valence-electron chi connectivity index (χ3n) is 3.04. The molecule has 0 radical (unpaired) electrons. The lowest BCUT2D eigenvalue weighted by molar-refractivity contribution is -0.137. The first-order valence-corrected chi connectivity index (χ1v) is 5.33. The quantitative estimate of drug-likeness (QED) is 0.694. The molecule has 1 aliphatic rings. The van der Waals surface area contributed by atoms with Crippen molar-refractivity contribution in [3.8, 4) is 0 Å². The van der Waals surface area contributed by atoms with Crippen molar-refractivity contribution in [3.05, 3.63) is 0 Å². The zero-order valence-electron chi connectivity index (χ0n) is 8.78. The number of rotatable bonds is 4. The van der Waals surface area contributed by atoms with Gasteiger partial charge in [-0.05, 0) is 18.9 Å². The van der Waals surface area contributed by atoms with Crippen LogP contribution in [0.5, 0.6) is 0 Å². The molecule has 4 nitrogen and oxygen atoms in total. The first-order valence-electron chi connectivity index (χ1n) is 5.33. The number of carboxylic acids is 1. The van der Waals surface area contributed by atoms with E-state index in [9.17, 15) is 4.79 Å². The fourth-order valence-electron chi connectivity index (χ4n) is 2.01. The summed E-state index contributed by atoms with van der Waals surface area (Å²) in [7, 11) is 0. The van der Waals surface area contributed by atoms with Crippen LogP contribution in [0, 0.1) is 5.92 Å². The predicted octanol–water partition coefficient (Wildman–Crippen LogP) is 0.520. The molecule has 14 heavy (non-hydrogen) atoms. The van der Waals surface area contributed by atoms with Gasteiger partial charge in [0.1, 0.15) is 0 Å². The molecule has 0 aromatic rings. The fraction of sp³-hybridized carbons (Fsp3) is 0.900. The molecule has 1 fully saturated rings. The Kier molecular flexibility index (Phi) is 4.35. The smallest absolute Gasteiger partial charge is 0.304 e. The van der Waals surface area contributed by atoms with E-state index in [0.29, 0.717) is 18.5 Å². The van der Waals surface area contributed by atoms with Crippen molar-refractivity contribution in [2.75, 3.05) is 19.6 Å². The number of hydrogen-bond acceptors (Lipinski definition) is 3. The maximum atomic E-state index is 10.4. The number of hydrogen-bond donors (Lipinski definition) is 2. The first-order chi connectivity index (χ1) is 6.63. The van der Waals surface area contributed by atoms with Gasteiger partial charge in [0, 0.05) is 19.1 Å². The molecule has 2 unspecified atom stereocenters. The van der Waals surface area contributed by atoms with Gasteiger partial charge in [-0.25, -0.2) is 0 Å². The highest BCUT2D eigenvalue weighted by Gasteiger charge is 2.24. The summed E-state index contributed by atoms with van der Waals surface area (Å²) >= 11 is 0. The largest absolute Gasteiger partial charge is 0.481 e. The molecule has 0 amide bonds. The first kappa shape index (κ1) is 11.5. The Morgan fingerprint density at radius 2 is 2.36 bits per heavy atom. The summed E-state index contributed by atoms with van der Waals surface area (Å²) in [5, 5.41) is 8.57. The van der Waals surface area contributed by atoms with Gasteiger partial charge >= 0.3 is 5.97 Å². The lowest BCUT2D eigenvalue weighted by Gasteiger charge is -2.36. The number of likely N-dealkylation sites (tertiary alicyclic amines) is 1. The Labute approximate surface area is 85.1 Å². The average molecular weight is 200 g/mol. The minimum Gasteiger partial charge on any atom is -0.481 e. The highest BCUT2D eigenvalue weighted by atomic mass is 16.4. The van der Waals surface area contributed by atoms with Crippen LogP contribution in [0.2, 0.25) is 0 Å². The number of aliphatic carboxylic acids is 1. The van der Waals surface area contributed by atoms with E-state index in [1.165, 1.54) is 0 Å². The molecule has 3 N–H and O–H groups in total. The molecule has 4 heteroatoms. The molecular weight excluding hydrogens is 180 g/mol. The van der Waals surface area contributed by atoms with Gasteiger partial charge in [-0.3, -0.25) is 4.79 Å². The van der Waals surface area contributed by atoms with E-state index in [2.05, 4.69) is 11.8 Å². The van der Waals surface area contributed by atoms with Crippen LogP contribution < -0.4 is 5.73 Å². The highest BCUT2D eigenvalue weighted by Crippen LogP contribution is 2.18. The molecule has 0 aromatic carbocycles. The number of nitrogens with zero attached hydrogens (tertiary/aromatic N) is 1. The molecule has 1 heterocycles. The second-order valence-corrected chi connectivity index (χ2v) is 4.07. The van der Waals surface area contributed by atoms with Crippen LogP contribution in [0.1, 0.15) is 26.2 Å². The molecule has 0 aliphatic carbocycles. The lowest BCUT2D eigenvalue weighted by atomic mass is 9.91. The van der Waals surface area contributed by atoms with E-state index < -0.39 is 5.97 Å². The van der Waals surface area contributed by atoms with Gasteiger partial charge in [-0.1, -0.05) is 13.3 Å². The summed E-state index contributed by atoms with van der Waals surface area (Å²) < 4.78 is 0.